The molecule has 0 aromatic rings. The Labute approximate surface area is 54.6 Å². The molecule has 0 aliphatic rings. The first-order valence-electron chi connectivity index (χ1n) is 2.93. The number of carbonyl (C=O) groups is 1. The smallest absolute Gasteiger partial charge is 0.161 e. The lowest BCUT2D eigenvalue weighted by molar-refractivity contribution is -0.130. The van der Waals surface area contributed by atoms with Crippen molar-refractivity contribution in [3.8, 4) is 0 Å². The molecule has 0 heterocycles. The molecule has 0 radical (unpaired) electrons. The second kappa shape index (κ2) is 4.47. The van der Waals surface area contributed by atoms with Gasteiger partial charge in [0.25, 0.3) is 0 Å². The summed E-state index contributed by atoms with van der Waals surface area (Å²) < 4.78 is 4.46. The van der Waals surface area contributed by atoms with E-state index in [9.17, 15) is 4.79 Å². The Morgan fingerprint density at radius 1 is 1.78 bits per heavy atom. The zero-order valence-electron chi connectivity index (χ0n) is 5.76. The maximum atomic E-state index is 10.5. The minimum atomic E-state index is -0.919. The van der Waals surface area contributed by atoms with Crippen molar-refractivity contribution < 1.29 is 14.6 Å². The Morgan fingerprint density at radius 2 is 2.33 bits per heavy atom. The van der Waals surface area contributed by atoms with E-state index in [0.29, 0.717) is 6.42 Å². The van der Waals surface area contributed by atoms with Gasteiger partial charge in [0.05, 0.1) is 6.42 Å². The number of aliphatic hydroxyl groups is 1. The van der Waals surface area contributed by atoms with Gasteiger partial charge in [0.1, 0.15) is 5.78 Å². The summed E-state index contributed by atoms with van der Waals surface area (Å²) >= 11 is 0. The van der Waals surface area contributed by atoms with Gasteiger partial charge in [-0.1, -0.05) is 6.92 Å². The molecule has 0 aliphatic heterocycles. The molecule has 0 bridgehead atoms. The molecule has 54 valence electrons. The number of aliphatic hydroxyl groups excluding tert-OH is 1. The molecule has 3 nitrogen and oxygen atoms in total. The van der Waals surface area contributed by atoms with Crippen molar-refractivity contribution >= 4 is 5.78 Å². The molecular weight excluding hydrogens is 120 g/mol. The molecule has 0 aromatic heterocycles. The molecule has 0 rings (SSSR count). The Hall–Kier alpha value is -0.410. The van der Waals surface area contributed by atoms with Crippen LogP contribution in [0.5, 0.6) is 0 Å². The predicted octanol–water partition coefficient (Wildman–Crippen LogP) is 0.320. The number of carbonyl (C=O) groups excluding carboxylic acids is 1. The number of Topliss-reactive ketones (excluding diaryl/α,β-unsaturated/α-hetero) is 1. The van der Waals surface area contributed by atoms with Crippen molar-refractivity contribution in [1.29, 1.82) is 0 Å². The summed E-state index contributed by atoms with van der Waals surface area (Å²) in [5, 5.41) is 8.72. The number of ketones is 1. The van der Waals surface area contributed by atoms with Crippen molar-refractivity contribution in [2.24, 2.45) is 0 Å². The van der Waals surface area contributed by atoms with E-state index in [-0.39, 0.29) is 12.2 Å². The summed E-state index contributed by atoms with van der Waals surface area (Å²) in [5.41, 5.74) is 0. The van der Waals surface area contributed by atoms with E-state index in [1.54, 1.807) is 6.92 Å². The van der Waals surface area contributed by atoms with Crippen LogP contribution in [0.2, 0.25) is 0 Å². The van der Waals surface area contributed by atoms with E-state index in [4.69, 9.17) is 5.11 Å². The van der Waals surface area contributed by atoms with Gasteiger partial charge in [-0.3, -0.25) is 4.79 Å². The molecule has 0 unspecified atom stereocenters. The first kappa shape index (κ1) is 8.59. The number of ether oxygens (including phenoxy) is 1. The lowest BCUT2D eigenvalue weighted by Gasteiger charge is -2.04. The lowest BCUT2D eigenvalue weighted by Crippen LogP contribution is -2.14. The first-order chi connectivity index (χ1) is 4.20. The molecule has 0 fully saturated rings. The number of hydrogen-bond acceptors (Lipinski definition) is 3. The maximum Gasteiger partial charge on any atom is 0.161 e. The maximum absolute atomic E-state index is 10.5. The Bertz CT molecular complexity index is 90.3. The molecule has 0 aromatic carbocycles. The van der Waals surface area contributed by atoms with Crippen molar-refractivity contribution in [2.75, 3.05) is 7.11 Å². The monoisotopic (exact) mass is 132 g/mol. The fourth-order valence-electron chi connectivity index (χ4n) is 0.422. The van der Waals surface area contributed by atoms with E-state index in [2.05, 4.69) is 4.74 Å². The van der Waals surface area contributed by atoms with Gasteiger partial charge in [0.15, 0.2) is 6.29 Å². The van der Waals surface area contributed by atoms with Gasteiger partial charge in [-0.05, 0) is 0 Å². The van der Waals surface area contributed by atoms with Crippen LogP contribution in [-0.4, -0.2) is 24.3 Å². The molecule has 0 amide bonds. The van der Waals surface area contributed by atoms with E-state index in [0.717, 1.165) is 0 Å². The summed E-state index contributed by atoms with van der Waals surface area (Å²) in [4.78, 5) is 10.5. The Morgan fingerprint density at radius 3 is 2.67 bits per heavy atom. The Kier molecular flexibility index (Phi) is 4.26. The van der Waals surface area contributed by atoms with Gasteiger partial charge in [0.2, 0.25) is 0 Å². The van der Waals surface area contributed by atoms with Gasteiger partial charge in [-0.25, -0.2) is 0 Å². The van der Waals surface area contributed by atoms with Crippen molar-refractivity contribution in [2.45, 2.75) is 26.1 Å². The van der Waals surface area contributed by atoms with Crippen LogP contribution in [0.25, 0.3) is 0 Å². The number of rotatable bonds is 4. The molecule has 0 aliphatic carbocycles. The minimum Gasteiger partial charge on any atom is -0.368 e. The van der Waals surface area contributed by atoms with Crippen LogP contribution in [-0.2, 0) is 9.53 Å². The van der Waals surface area contributed by atoms with E-state index < -0.39 is 6.29 Å². The predicted molar refractivity (Wildman–Crippen MR) is 32.9 cm³/mol. The third-order valence-electron chi connectivity index (χ3n) is 1.07. The van der Waals surface area contributed by atoms with Crippen molar-refractivity contribution in [3.63, 3.8) is 0 Å². The van der Waals surface area contributed by atoms with Gasteiger partial charge in [-0.15, -0.1) is 0 Å². The van der Waals surface area contributed by atoms with Crippen LogP contribution in [0.1, 0.15) is 19.8 Å². The average Bonchev–Trinajstić information content (AvgIpc) is 1.87. The van der Waals surface area contributed by atoms with Crippen LogP contribution in [0, 0.1) is 0 Å². The summed E-state index contributed by atoms with van der Waals surface area (Å²) in [6, 6.07) is 0. The molecular formula is C6H12O3. The zero-order chi connectivity index (χ0) is 7.28. The Balaban J connectivity index is 3.34. The number of hydrogen-bond donors (Lipinski definition) is 1. The highest BCUT2D eigenvalue weighted by molar-refractivity contribution is 5.78. The van der Waals surface area contributed by atoms with Crippen LogP contribution in [0.3, 0.4) is 0 Å². The SMILES string of the molecule is CCC(=O)C[C@@H](O)OC. The molecule has 9 heavy (non-hydrogen) atoms. The van der Waals surface area contributed by atoms with E-state index >= 15 is 0 Å². The van der Waals surface area contributed by atoms with Gasteiger partial charge < -0.3 is 9.84 Å². The quantitative estimate of drug-likeness (QED) is 0.560. The lowest BCUT2D eigenvalue weighted by atomic mass is 10.2. The summed E-state index contributed by atoms with van der Waals surface area (Å²) in [6.07, 6.45) is -0.356. The third kappa shape index (κ3) is 4.12. The van der Waals surface area contributed by atoms with Crippen LogP contribution in [0.4, 0.5) is 0 Å². The van der Waals surface area contributed by atoms with Crippen molar-refractivity contribution in [1.82, 2.24) is 0 Å². The molecule has 0 spiro atoms. The molecule has 1 atom stereocenters. The zero-order valence-corrected chi connectivity index (χ0v) is 5.76. The van der Waals surface area contributed by atoms with E-state index in [1.165, 1.54) is 7.11 Å². The van der Waals surface area contributed by atoms with Gasteiger partial charge in [0, 0.05) is 13.5 Å². The highest BCUT2D eigenvalue weighted by Gasteiger charge is 2.05. The van der Waals surface area contributed by atoms with E-state index in [1.807, 2.05) is 0 Å². The third-order valence-corrected chi connectivity index (χ3v) is 1.07. The normalized spacial score (nSPS) is 13.2. The minimum absolute atomic E-state index is 0.0179. The average molecular weight is 132 g/mol. The summed E-state index contributed by atoms with van der Waals surface area (Å²) in [5.74, 6) is 0.0179. The molecule has 0 saturated carbocycles. The fraction of sp³-hybridized carbons (Fsp3) is 0.833. The molecule has 1 N–H and O–H groups in total. The summed E-state index contributed by atoms with van der Waals surface area (Å²) in [6.45, 7) is 1.75. The largest absolute Gasteiger partial charge is 0.368 e. The second-order valence-corrected chi connectivity index (χ2v) is 1.79. The van der Waals surface area contributed by atoms with Crippen LogP contribution >= 0.6 is 0 Å². The van der Waals surface area contributed by atoms with Gasteiger partial charge in [-0.2, -0.15) is 0 Å². The number of methoxy groups -OCH3 is 1. The topological polar surface area (TPSA) is 46.5 Å². The standard InChI is InChI=1S/C6H12O3/c1-3-5(7)4-6(8)9-2/h6,8H,3-4H2,1-2H3/t6-/m0/s1. The first-order valence-corrected chi connectivity index (χ1v) is 2.93. The highest BCUT2D eigenvalue weighted by Crippen LogP contribution is 1.95. The summed E-state index contributed by atoms with van der Waals surface area (Å²) in [7, 11) is 1.37. The molecule has 0 saturated heterocycles. The van der Waals surface area contributed by atoms with Crippen molar-refractivity contribution in [3.05, 3.63) is 0 Å². The van der Waals surface area contributed by atoms with Crippen LogP contribution in [0.15, 0.2) is 0 Å². The van der Waals surface area contributed by atoms with Gasteiger partial charge >= 0.3 is 0 Å². The molecule has 3 heteroatoms. The highest BCUT2D eigenvalue weighted by atomic mass is 16.6. The second-order valence-electron chi connectivity index (χ2n) is 1.79. The fourth-order valence-corrected chi connectivity index (χ4v) is 0.422. The van der Waals surface area contributed by atoms with Crippen LogP contribution < -0.4 is 0 Å².